The summed E-state index contributed by atoms with van der Waals surface area (Å²) in [5, 5.41) is 8.39. The minimum Gasteiger partial charge on any atom is -0.198 e. The second-order valence-corrected chi connectivity index (χ2v) is 3.59. The summed E-state index contributed by atoms with van der Waals surface area (Å²) >= 11 is 0. The Morgan fingerprint density at radius 3 is 2.86 bits per heavy atom. The summed E-state index contributed by atoms with van der Waals surface area (Å²) in [7, 11) is 0. The Bertz CT molecular complexity index is 356. The van der Waals surface area contributed by atoms with Gasteiger partial charge in [-0.25, -0.2) is 0 Å². The lowest BCUT2D eigenvalue weighted by molar-refractivity contribution is 0.866. The van der Waals surface area contributed by atoms with Gasteiger partial charge in [-0.1, -0.05) is 50.3 Å². The number of hydrogen-bond acceptors (Lipinski definition) is 1. The Kier molecular flexibility index (Phi) is 3.94. The summed E-state index contributed by atoms with van der Waals surface area (Å²) in [6.07, 6.45) is 4.36. The average Bonchev–Trinajstić information content (AvgIpc) is 2.19. The highest BCUT2D eigenvalue weighted by atomic mass is 14.2. The molecule has 0 aromatic heterocycles. The van der Waals surface area contributed by atoms with Crippen LogP contribution in [0.25, 0.3) is 6.08 Å². The molecule has 0 heterocycles. The summed E-state index contributed by atoms with van der Waals surface area (Å²) in [5.41, 5.74) is 2.51. The zero-order valence-corrected chi connectivity index (χ0v) is 8.70. The van der Waals surface area contributed by atoms with Crippen molar-refractivity contribution in [1.29, 1.82) is 5.26 Å². The second-order valence-electron chi connectivity index (χ2n) is 3.59. The molecular formula is C13H15N. The van der Waals surface area contributed by atoms with E-state index in [0.29, 0.717) is 12.3 Å². The fourth-order valence-corrected chi connectivity index (χ4v) is 1.27. The molecule has 72 valence electrons. The van der Waals surface area contributed by atoms with Crippen LogP contribution in [0.3, 0.4) is 0 Å². The van der Waals surface area contributed by atoms with Gasteiger partial charge in [-0.2, -0.15) is 5.26 Å². The molecule has 0 saturated heterocycles. The van der Waals surface area contributed by atoms with Crippen LogP contribution in [-0.4, -0.2) is 0 Å². The molecule has 0 N–H and O–H groups in total. The first-order chi connectivity index (χ1) is 6.74. The van der Waals surface area contributed by atoms with Crippen molar-refractivity contribution in [2.45, 2.75) is 26.2 Å². The van der Waals surface area contributed by atoms with Gasteiger partial charge in [0.15, 0.2) is 0 Å². The van der Waals surface area contributed by atoms with Gasteiger partial charge in [0.2, 0.25) is 0 Å². The summed E-state index contributed by atoms with van der Waals surface area (Å²) in [5.74, 6) is 0.555. The monoisotopic (exact) mass is 185 g/mol. The van der Waals surface area contributed by atoms with E-state index in [4.69, 9.17) is 5.26 Å². The molecule has 1 rings (SSSR count). The number of rotatable bonds is 3. The van der Waals surface area contributed by atoms with Gasteiger partial charge in [-0.15, -0.1) is 0 Å². The topological polar surface area (TPSA) is 23.8 Å². The number of hydrogen-bond donors (Lipinski definition) is 0. The summed E-state index contributed by atoms with van der Waals surface area (Å²) < 4.78 is 0. The maximum Gasteiger partial charge on any atom is 0.0663 e. The van der Waals surface area contributed by atoms with Crippen LogP contribution in [0, 0.1) is 11.3 Å². The first-order valence-corrected chi connectivity index (χ1v) is 4.87. The van der Waals surface area contributed by atoms with E-state index >= 15 is 0 Å². The fraction of sp³-hybridized carbons (Fsp3) is 0.308. The normalized spacial score (nSPS) is 10.7. The Balaban J connectivity index is 2.79. The highest BCUT2D eigenvalue weighted by Crippen LogP contribution is 2.16. The Labute approximate surface area is 85.7 Å². The first-order valence-electron chi connectivity index (χ1n) is 4.87. The van der Waals surface area contributed by atoms with Gasteiger partial charge in [0.1, 0.15) is 0 Å². The number of benzene rings is 1. The Hall–Kier alpha value is -1.55. The summed E-state index contributed by atoms with van der Waals surface area (Å²) in [4.78, 5) is 0. The molecule has 0 saturated carbocycles. The molecule has 0 atom stereocenters. The van der Waals surface area contributed by atoms with Gasteiger partial charge in [-0.05, 0) is 17.0 Å². The molecule has 1 aromatic carbocycles. The molecule has 1 nitrogen and oxygen atoms in total. The van der Waals surface area contributed by atoms with E-state index in [2.05, 4.69) is 44.2 Å². The average molecular weight is 185 g/mol. The molecule has 0 aliphatic heterocycles. The van der Waals surface area contributed by atoms with Crippen LogP contribution >= 0.6 is 0 Å². The minimum absolute atomic E-state index is 0.478. The molecule has 0 unspecified atom stereocenters. The first kappa shape index (κ1) is 10.5. The lowest BCUT2D eigenvalue weighted by Crippen LogP contribution is -1.86. The quantitative estimate of drug-likeness (QED) is 0.703. The third kappa shape index (κ3) is 3.06. The predicted octanol–water partition coefficient (Wildman–Crippen LogP) is 3.74. The van der Waals surface area contributed by atoms with E-state index in [1.54, 1.807) is 0 Å². The van der Waals surface area contributed by atoms with Crippen molar-refractivity contribution in [2.24, 2.45) is 0 Å². The predicted molar refractivity (Wildman–Crippen MR) is 59.8 cm³/mol. The molecular weight excluding hydrogens is 170 g/mol. The van der Waals surface area contributed by atoms with E-state index in [1.807, 2.05) is 12.2 Å². The molecule has 0 fully saturated rings. The Morgan fingerprint density at radius 1 is 1.43 bits per heavy atom. The lowest BCUT2D eigenvalue weighted by atomic mass is 10.0. The zero-order chi connectivity index (χ0) is 10.4. The van der Waals surface area contributed by atoms with Crippen molar-refractivity contribution in [1.82, 2.24) is 0 Å². The maximum atomic E-state index is 8.39. The van der Waals surface area contributed by atoms with Crippen molar-refractivity contribution >= 4 is 6.08 Å². The zero-order valence-electron chi connectivity index (χ0n) is 8.70. The van der Waals surface area contributed by atoms with Gasteiger partial charge in [0, 0.05) is 0 Å². The fourth-order valence-electron chi connectivity index (χ4n) is 1.27. The maximum absolute atomic E-state index is 8.39. The SMILES string of the molecule is CC(C)c1cccc(C=CCC#N)c1. The van der Waals surface area contributed by atoms with E-state index in [-0.39, 0.29) is 0 Å². The molecule has 0 aliphatic rings. The molecule has 14 heavy (non-hydrogen) atoms. The number of nitriles is 1. The van der Waals surface area contributed by atoms with E-state index in [1.165, 1.54) is 11.1 Å². The van der Waals surface area contributed by atoms with Crippen LogP contribution in [0.1, 0.15) is 37.3 Å². The standard InChI is InChI=1S/C13H15N/c1-11(2)13-8-5-7-12(10-13)6-3-4-9-14/h3,5-8,10-11H,4H2,1-2H3. The molecule has 0 amide bonds. The minimum atomic E-state index is 0.478. The third-order valence-electron chi connectivity index (χ3n) is 2.10. The molecule has 0 bridgehead atoms. The number of allylic oxidation sites excluding steroid dienone is 1. The van der Waals surface area contributed by atoms with Crippen molar-refractivity contribution in [3.63, 3.8) is 0 Å². The Morgan fingerprint density at radius 2 is 2.21 bits per heavy atom. The van der Waals surface area contributed by atoms with Crippen molar-refractivity contribution in [2.75, 3.05) is 0 Å². The van der Waals surface area contributed by atoms with Crippen LogP contribution in [0.5, 0.6) is 0 Å². The van der Waals surface area contributed by atoms with E-state index in [9.17, 15) is 0 Å². The van der Waals surface area contributed by atoms with Crippen molar-refractivity contribution < 1.29 is 0 Å². The highest BCUT2D eigenvalue weighted by molar-refractivity contribution is 5.50. The van der Waals surface area contributed by atoms with Gasteiger partial charge < -0.3 is 0 Å². The van der Waals surface area contributed by atoms with Gasteiger partial charge in [0.25, 0.3) is 0 Å². The third-order valence-corrected chi connectivity index (χ3v) is 2.10. The van der Waals surface area contributed by atoms with Crippen LogP contribution in [0.15, 0.2) is 30.3 Å². The largest absolute Gasteiger partial charge is 0.198 e. The smallest absolute Gasteiger partial charge is 0.0663 e. The van der Waals surface area contributed by atoms with Gasteiger partial charge >= 0.3 is 0 Å². The molecule has 0 aliphatic carbocycles. The highest BCUT2D eigenvalue weighted by Gasteiger charge is 1.97. The number of nitrogens with zero attached hydrogens (tertiary/aromatic N) is 1. The molecule has 0 spiro atoms. The molecule has 1 aromatic rings. The van der Waals surface area contributed by atoms with Crippen LogP contribution in [-0.2, 0) is 0 Å². The lowest BCUT2D eigenvalue weighted by Gasteiger charge is -2.05. The van der Waals surface area contributed by atoms with Crippen molar-refractivity contribution in [3.05, 3.63) is 41.5 Å². The van der Waals surface area contributed by atoms with Crippen LogP contribution < -0.4 is 0 Å². The van der Waals surface area contributed by atoms with E-state index < -0.39 is 0 Å². The summed E-state index contributed by atoms with van der Waals surface area (Å²) in [6, 6.07) is 10.5. The second kappa shape index (κ2) is 5.24. The van der Waals surface area contributed by atoms with Gasteiger partial charge in [0.05, 0.1) is 12.5 Å². The van der Waals surface area contributed by atoms with Gasteiger partial charge in [-0.3, -0.25) is 0 Å². The van der Waals surface area contributed by atoms with Crippen molar-refractivity contribution in [3.8, 4) is 6.07 Å². The molecule has 1 heteroatoms. The molecule has 0 radical (unpaired) electrons. The van der Waals surface area contributed by atoms with Crippen LogP contribution in [0.4, 0.5) is 0 Å². The van der Waals surface area contributed by atoms with E-state index in [0.717, 1.165) is 0 Å². The summed E-state index contributed by atoms with van der Waals surface area (Å²) in [6.45, 7) is 4.36. The van der Waals surface area contributed by atoms with Crippen LogP contribution in [0.2, 0.25) is 0 Å².